The summed E-state index contributed by atoms with van der Waals surface area (Å²) in [6.07, 6.45) is 2.50. The van der Waals surface area contributed by atoms with Gasteiger partial charge in [0, 0.05) is 17.6 Å². The number of anilines is 1. The van der Waals surface area contributed by atoms with Gasteiger partial charge in [0.25, 0.3) is 0 Å². The van der Waals surface area contributed by atoms with Gasteiger partial charge in [-0.15, -0.1) is 0 Å². The van der Waals surface area contributed by atoms with Crippen molar-refractivity contribution in [2.75, 3.05) is 12.4 Å². The number of aliphatic carboxylic acids is 1. The predicted molar refractivity (Wildman–Crippen MR) is 78.2 cm³/mol. The van der Waals surface area contributed by atoms with Crippen molar-refractivity contribution in [3.05, 3.63) is 30.5 Å². The number of nitrogens with one attached hydrogen (secondary N) is 1. The van der Waals surface area contributed by atoms with E-state index in [2.05, 4.69) is 10.3 Å². The van der Waals surface area contributed by atoms with E-state index in [0.717, 1.165) is 16.5 Å². The van der Waals surface area contributed by atoms with E-state index in [-0.39, 0.29) is 12.5 Å². The molecule has 1 atom stereocenters. The number of nitrogens with zero attached hydrogens (tertiary/aromatic N) is 1. The number of hydrogen-bond acceptors (Lipinski definition) is 4. The molecule has 2 aromatic rings. The highest BCUT2D eigenvalue weighted by Crippen LogP contribution is 2.26. The minimum Gasteiger partial charge on any atom is -0.497 e. The van der Waals surface area contributed by atoms with E-state index in [9.17, 15) is 4.79 Å². The van der Waals surface area contributed by atoms with E-state index in [1.165, 1.54) is 0 Å². The summed E-state index contributed by atoms with van der Waals surface area (Å²) in [5.74, 6) is 0.622. The topological polar surface area (TPSA) is 71.5 Å². The summed E-state index contributed by atoms with van der Waals surface area (Å²) in [5.41, 5.74) is 0. The first-order valence-electron chi connectivity index (χ1n) is 6.55. The monoisotopic (exact) mass is 274 g/mol. The second kappa shape index (κ2) is 6.23. The largest absolute Gasteiger partial charge is 0.497 e. The van der Waals surface area contributed by atoms with E-state index in [4.69, 9.17) is 9.84 Å². The van der Waals surface area contributed by atoms with Crippen molar-refractivity contribution in [2.45, 2.75) is 25.8 Å². The summed E-state index contributed by atoms with van der Waals surface area (Å²) in [6.45, 7) is 1.95. The number of hydrogen-bond donors (Lipinski definition) is 2. The lowest BCUT2D eigenvalue weighted by atomic mass is 10.1. The molecule has 1 unspecified atom stereocenters. The third kappa shape index (κ3) is 3.17. The number of carboxylic acid groups (broad SMARTS) is 1. The van der Waals surface area contributed by atoms with Crippen LogP contribution in [0.4, 0.5) is 5.82 Å². The molecule has 0 radical (unpaired) electrons. The lowest BCUT2D eigenvalue weighted by molar-refractivity contribution is -0.137. The average molecular weight is 274 g/mol. The molecule has 0 spiro atoms. The maximum absolute atomic E-state index is 10.8. The van der Waals surface area contributed by atoms with Crippen molar-refractivity contribution in [1.29, 1.82) is 0 Å². The number of ether oxygens (including phenoxy) is 1. The Morgan fingerprint density at radius 2 is 2.25 bits per heavy atom. The first kappa shape index (κ1) is 14.1. The van der Waals surface area contributed by atoms with Gasteiger partial charge in [-0.05, 0) is 30.0 Å². The Kier molecular flexibility index (Phi) is 4.40. The van der Waals surface area contributed by atoms with Gasteiger partial charge in [-0.3, -0.25) is 4.79 Å². The van der Waals surface area contributed by atoms with Crippen LogP contribution >= 0.6 is 0 Å². The fraction of sp³-hybridized carbons (Fsp3) is 0.333. The molecular formula is C15H18N2O3. The molecule has 2 rings (SSSR count). The van der Waals surface area contributed by atoms with Crippen molar-refractivity contribution in [2.24, 2.45) is 0 Å². The standard InChI is InChI=1S/C15H18N2O3/c1-3-11(8-14(18)19)17-15-13-9-12(20-2)5-4-10(13)6-7-16-15/h4-7,9,11H,3,8H2,1-2H3,(H,16,17)(H,18,19). The molecule has 5 heteroatoms. The van der Waals surface area contributed by atoms with Crippen LogP contribution in [0.3, 0.4) is 0 Å². The quantitative estimate of drug-likeness (QED) is 0.847. The van der Waals surface area contributed by atoms with Gasteiger partial charge in [0.1, 0.15) is 11.6 Å². The maximum Gasteiger partial charge on any atom is 0.305 e. The van der Waals surface area contributed by atoms with Crippen LogP contribution in [0.15, 0.2) is 30.5 Å². The lowest BCUT2D eigenvalue weighted by Crippen LogP contribution is -2.22. The van der Waals surface area contributed by atoms with Crippen LogP contribution in [0.25, 0.3) is 10.8 Å². The minimum absolute atomic E-state index is 0.0680. The van der Waals surface area contributed by atoms with Crippen LogP contribution < -0.4 is 10.1 Å². The van der Waals surface area contributed by atoms with E-state index >= 15 is 0 Å². The second-order valence-corrected chi connectivity index (χ2v) is 4.59. The zero-order valence-electron chi connectivity index (χ0n) is 11.6. The third-order valence-electron chi connectivity index (χ3n) is 3.23. The Balaban J connectivity index is 2.35. The normalized spacial score (nSPS) is 12.1. The first-order valence-corrected chi connectivity index (χ1v) is 6.55. The van der Waals surface area contributed by atoms with Crippen molar-refractivity contribution in [3.8, 4) is 5.75 Å². The zero-order chi connectivity index (χ0) is 14.5. The zero-order valence-corrected chi connectivity index (χ0v) is 11.6. The van der Waals surface area contributed by atoms with Crippen LogP contribution in [0, 0.1) is 0 Å². The van der Waals surface area contributed by atoms with E-state index in [0.29, 0.717) is 12.2 Å². The van der Waals surface area contributed by atoms with Gasteiger partial charge in [0.15, 0.2) is 0 Å². The molecule has 1 heterocycles. The summed E-state index contributed by atoms with van der Waals surface area (Å²) in [7, 11) is 1.61. The summed E-state index contributed by atoms with van der Waals surface area (Å²) in [5, 5.41) is 14.1. The Morgan fingerprint density at radius 1 is 1.45 bits per heavy atom. The summed E-state index contributed by atoms with van der Waals surface area (Å²) in [4.78, 5) is 15.2. The third-order valence-corrected chi connectivity index (χ3v) is 3.23. The number of pyridine rings is 1. The number of carbonyl (C=O) groups is 1. The molecule has 0 fully saturated rings. The smallest absolute Gasteiger partial charge is 0.305 e. The summed E-state index contributed by atoms with van der Waals surface area (Å²) in [6, 6.07) is 7.52. The highest BCUT2D eigenvalue weighted by Gasteiger charge is 2.13. The first-order chi connectivity index (χ1) is 9.63. The number of carboxylic acids is 1. The molecule has 0 saturated heterocycles. The molecule has 0 bridgehead atoms. The molecule has 0 amide bonds. The van der Waals surface area contributed by atoms with E-state index < -0.39 is 5.97 Å². The molecule has 2 N–H and O–H groups in total. The number of fused-ring (bicyclic) bond motifs is 1. The second-order valence-electron chi connectivity index (χ2n) is 4.59. The summed E-state index contributed by atoms with van der Waals surface area (Å²) < 4.78 is 5.22. The molecule has 1 aromatic carbocycles. The van der Waals surface area contributed by atoms with Gasteiger partial charge in [-0.25, -0.2) is 4.98 Å². The van der Waals surface area contributed by atoms with Crippen LogP contribution in [0.5, 0.6) is 5.75 Å². The molecule has 5 nitrogen and oxygen atoms in total. The maximum atomic E-state index is 10.8. The van der Waals surface area contributed by atoms with E-state index in [1.54, 1.807) is 13.3 Å². The molecule has 0 aliphatic rings. The molecule has 0 aliphatic heterocycles. The summed E-state index contributed by atoms with van der Waals surface area (Å²) >= 11 is 0. The van der Waals surface area contributed by atoms with Crippen LogP contribution in [0.2, 0.25) is 0 Å². The Labute approximate surface area is 117 Å². The van der Waals surface area contributed by atoms with Crippen LogP contribution in [-0.2, 0) is 4.79 Å². The SMILES string of the molecule is CCC(CC(=O)O)Nc1nccc2ccc(OC)cc12. The molecule has 106 valence electrons. The number of benzene rings is 1. The van der Waals surface area contributed by atoms with Crippen LogP contribution in [-0.4, -0.2) is 29.2 Å². The molecule has 20 heavy (non-hydrogen) atoms. The Bertz CT molecular complexity index is 613. The number of methoxy groups -OCH3 is 1. The lowest BCUT2D eigenvalue weighted by Gasteiger charge is -2.17. The van der Waals surface area contributed by atoms with Crippen LogP contribution in [0.1, 0.15) is 19.8 Å². The number of rotatable bonds is 6. The highest BCUT2D eigenvalue weighted by molar-refractivity contribution is 5.93. The molecular weight excluding hydrogens is 256 g/mol. The minimum atomic E-state index is -0.817. The van der Waals surface area contributed by atoms with Crippen molar-refractivity contribution < 1.29 is 14.6 Å². The molecule has 0 saturated carbocycles. The Morgan fingerprint density at radius 3 is 2.90 bits per heavy atom. The van der Waals surface area contributed by atoms with Gasteiger partial charge in [0.2, 0.25) is 0 Å². The van der Waals surface area contributed by atoms with Gasteiger partial charge >= 0.3 is 5.97 Å². The highest BCUT2D eigenvalue weighted by atomic mass is 16.5. The van der Waals surface area contributed by atoms with Gasteiger partial charge in [-0.2, -0.15) is 0 Å². The fourth-order valence-corrected chi connectivity index (χ4v) is 2.09. The number of aromatic nitrogens is 1. The van der Waals surface area contributed by atoms with Crippen molar-refractivity contribution in [3.63, 3.8) is 0 Å². The predicted octanol–water partition coefficient (Wildman–Crippen LogP) is 2.91. The van der Waals surface area contributed by atoms with Gasteiger partial charge < -0.3 is 15.2 Å². The molecule has 0 aliphatic carbocycles. The molecule has 1 aromatic heterocycles. The Hall–Kier alpha value is -2.30. The van der Waals surface area contributed by atoms with Gasteiger partial charge in [0.05, 0.1) is 13.5 Å². The van der Waals surface area contributed by atoms with Gasteiger partial charge in [-0.1, -0.05) is 13.0 Å². The fourth-order valence-electron chi connectivity index (χ4n) is 2.09. The van der Waals surface area contributed by atoms with Crippen molar-refractivity contribution >= 4 is 22.6 Å². The van der Waals surface area contributed by atoms with E-state index in [1.807, 2.05) is 31.2 Å². The average Bonchev–Trinajstić information content (AvgIpc) is 2.45. The van der Waals surface area contributed by atoms with Crippen molar-refractivity contribution in [1.82, 2.24) is 4.98 Å².